The van der Waals surface area contributed by atoms with Crippen LogP contribution in [0.25, 0.3) is 0 Å². The van der Waals surface area contributed by atoms with E-state index in [1.807, 2.05) is 0 Å². The minimum Gasteiger partial charge on any atom is -0.494 e. The minimum atomic E-state index is -0.409. The zero-order valence-electron chi connectivity index (χ0n) is 17.4. The van der Waals surface area contributed by atoms with Gasteiger partial charge in [-0.2, -0.15) is 0 Å². The second kappa shape index (κ2) is 11.7. The molecule has 0 spiro atoms. The summed E-state index contributed by atoms with van der Waals surface area (Å²) in [6.07, 6.45) is 2.96. The number of ether oxygens (including phenoxy) is 2. The van der Waals surface area contributed by atoms with Gasteiger partial charge in [-0.25, -0.2) is 0 Å². The Morgan fingerprint density at radius 1 is 0.862 bits per heavy atom. The lowest BCUT2D eigenvalue weighted by Gasteiger charge is -2.10. The summed E-state index contributed by atoms with van der Waals surface area (Å²) in [7, 11) is 0. The molecule has 0 unspecified atom stereocenters. The van der Waals surface area contributed by atoms with E-state index in [-0.39, 0.29) is 0 Å². The predicted molar refractivity (Wildman–Crippen MR) is 113 cm³/mol. The molecule has 0 atom stereocenters. The molecular weight excluding hydrogens is 368 g/mol. The third kappa shape index (κ3) is 7.86. The zero-order chi connectivity index (χ0) is 21.1. The number of carbonyl (C=O) groups excluding carboxylic acids is 2. The second-order valence-electron chi connectivity index (χ2n) is 7.19. The fourth-order valence-electron chi connectivity index (χ4n) is 2.43. The Balaban J connectivity index is 1.83. The molecule has 0 saturated heterocycles. The molecule has 6 heteroatoms. The Labute approximate surface area is 172 Å². The summed E-state index contributed by atoms with van der Waals surface area (Å²) in [6.45, 7) is 7.61. The Morgan fingerprint density at radius 3 is 2.17 bits per heavy atom. The second-order valence-corrected chi connectivity index (χ2v) is 7.19. The summed E-state index contributed by atoms with van der Waals surface area (Å²) < 4.78 is 11.2. The summed E-state index contributed by atoms with van der Waals surface area (Å²) in [4.78, 5) is 24.5. The smallest absolute Gasteiger partial charge is 0.269 e. The number of nitrogens with one attached hydrogen (secondary N) is 2. The van der Waals surface area contributed by atoms with E-state index in [9.17, 15) is 9.59 Å². The summed E-state index contributed by atoms with van der Waals surface area (Å²) in [6, 6.07) is 13.7. The Bertz CT molecular complexity index is 788. The highest BCUT2D eigenvalue weighted by molar-refractivity contribution is 5.99. The third-order valence-corrected chi connectivity index (χ3v) is 4.23. The van der Waals surface area contributed by atoms with Gasteiger partial charge >= 0.3 is 0 Å². The molecule has 0 bridgehead atoms. The van der Waals surface area contributed by atoms with Crippen LogP contribution in [0, 0.1) is 5.92 Å². The van der Waals surface area contributed by atoms with E-state index in [0.717, 1.165) is 19.3 Å². The first-order valence-corrected chi connectivity index (χ1v) is 10.1. The normalized spacial score (nSPS) is 10.5. The van der Waals surface area contributed by atoms with Gasteiger partial charge in [-0.05, 0) is 61.2 Å². The van der Waals surface area contributed by atoms with Crippen LogP contribution in [0.15, 0.2) is 48.5 Å². The number of amides is 2. The molecule has 29 heavy (non-hydrogen) atoms. The summed E-state index contributed by atoms with van der Waals surface area (Å²) >= 11 is 0. The number of unbranched alkanes of at least 4 members (excludes halogenated alkanes) is 1. The molecule has 0 aliphatic rings. The fraction of sp³-hybridized carbons (Fsp3) is 0.391. The van der Waals surface area contributed by atoms with E-state index in [4.69, 9.17) is 9.47 Å². The highest BCUT2D eigenvalue weighted by Gasteiger charge is 2.10. The van der Waals surface area contributed by atoms with Crippen LogP contribution in [0.5, 0.6) is 11.5 Å². The van der Waals surface area contributed by atoms with Gasteiger partial charge in [-0.15, -0.1) is 0 Å². The molecule has 0 heterocycles. The van der Waals surface area contributed by atoms with Gasteiger partial charge < -0.3 is 9.47 Å². The molecule has 2 aromatic carbocycles. The largest absolute Gasteiger partial charge is 0.494 e. The molecule has 0 aliphatic heterocycles. The van der Waals surface area contributed by atoms with Crippen LogP contribution in [-0.2, 0) is 0 Å². The van der Waals surface area contributed by atoms with Crippen molar-refractivity contribution in [1.82, 2.24) is 10.9 Å². The quantitative estimate of drug-likeness (QED) is 0.460. The van der Waals surface area contributed by atoms with E-state index in [2.05, 4.69) is 31.6 Å². The molecule has 0 aromatic heterocycles. The van der Waals surface area contributed by atoms with Crippen molar-refractivity contribution in [2.75, 3.05) is 13.2 Å². The van der Waals surface area contributed by atoms with Crippen molar-refractivity contribution in [2.24, 2.45) is 5.92 Å². The average Bonchev–Trinajstić information content (AvgIpc) is 2.72. The molecular formula is C23H30N2O4. The van der Waals surface area contributed by atoms with Crippen LogP contribution < -0.4 is 20.3 Å². The number of hydrogen-bond donors (Lipinski definition) is 2. The fourth-order valence-corrected chi connectivity index (χ4v) is 2.43. The van der Waals surface area contributed by atoms with Gasteiger partial charge in [0, 0.05) is 11.1 Å². The number of carbonyl (C=O) groups is 2. The van der Waals surface area contributed by atoms with E-state index in [1.54, 1.807) is 48.5 Å². The van der Waals surface area contributed by atoms with Crippen LogP contribution in [0.4, 0.5) is 0 Å². The molecule has 0 radical (unpaired) electrons. The van der Waals surface area contributed by atoms with Crippen LogP contribution in [0.3, 0.4) is 0 Å². The highest BCUT2D eigenvalue weighted by Crippen LogP contribution is 2.15. The molecule has 0 aliphatic carbocycles. The average molecular weight is 399 g/mol. The maximum Gasteiger partial charge on any atom is 0.269 e. The van der Waals surface area contributed by atoms with Gasteiger partial charge in [-0.3, -0.25) is 20.4 Å². The van der Waals surface area contributed by atoms with Gasteiger partial charge in [0.05, 0.1) is 13.2 Å². The molecule has 6 nitrogen and oxygen atoms in total. The zero-order valence-corrected chi connectivity index (χ0v) is 17.4. The van der Waals surface area contributed by atoms with Gasteiger partial charge in [0.15, 0.2) is 0 Å². The van der Waals surface area contributed by atoms with Gasteiger partial charge in [0.1, 0.15) is 11.5 Å². The molecule has 2 rings (SSSR count). The van der Waals surface area contributed by atoms with Crippen molar-refractivity contribution >= 4 is 11.8 Å². The van der Waals surface area contributed by atoms with Crippen LogP contribution in [-0.4, -0.2) is 25.0 Å². The Kier molecular flexibility index (Phi) is 9.02. The minimum absolute atomic E-state index is 0.401. The lowest BCUT2D eigenvalue weighted by Crippen LogP contribution is -2.41. The summed E-state index contributed by atoms with van der Waals surface area (Å²) in [5, 5.41) is 0. The van der Waals surface area contributed by atoms with Gasteiger partial charge in [0.2, 0.25) is 0 Å². The molecule has 0 fully saturated rings. The van der Waals surface area contributed by atoms with Gasteiger partial charge in [-0.1, -0.05) is 33.3 Å². The van der Waals surface area contributed by atoms with Crippen molar-refractivity contribution < 1.29 is 19.1 Å². The van der Waals surface area contributed by atoms with E-state index in [1.165, 1.54) is 0 Å². The van der Waals surface area contributed by atoms with Crippen molar-refractivity contribution in [2.45, 2.75) is 40.0 Å². The van der Waals surface area contributed by atoms with Crippen molar-refractivity contribution in [3.63, 3.8) is 0 Å². The van der Waals surface area contributed by atoms with E-state index in [0.29, 0.717) is 41.8 Å². The number of rotatable bonds is 10. The van der Waals surface area contributed by atoms with Crippen LogP contribution in [0.2, 0.25) is 0 Å². The number of hydrogen-bond acceptors (Lipinski definition) is 4. The molecule has 0 saturated carbocycles. The number of hydrazine groups is 1. The lowest BCUT2D eigenvalue weighted by atomic mass is 10.1. The van der Waals surface area contributed by atoms with Crippen molar-refractivity contribution in [3.8, 4) is 11.5 Å². The predicted octanol–water partition coefficient (Wildman–Crippen LogP) is 4.37. The third-order valence-electron chi connectivity index (χ3n) is 4.23. The molecule has 2 amide bonds. The maximum atomic E-state index is 12.3. The number of benzene rings is 2. The lowest BCUT2D eigenvalue weighted by molar-refractivity contribution is 0.0846. The summed E-state index contributed by atoms with van der Waals surface area (Å²) in [5.74, 6) is 1.11. The van der Waals surface area contributed by atoms with Gasteiger partial charge in [0.25, 0.3) is 11.8 Å². The Morgan fingerprint density at radius 2 is 1.52 bits per heavy atom. The standard InChI is InChI=1S/C23H30N2O4/c1-4-5-14-28-21-8-6-7-19(16-21)23(27)25-24-22(26)18-9-11-20(12-10-18)29-15-13-17(2)3/h6-12,16-17H,4-5,13-15H2,1-3H3,(H,24,26)(H,25,27). The molecule has 156 valence electrons. The van der Waals surface area contributed by atoms with Crippen LogP contribution >= 0.6 is 0 Å². The molecule has 2 N–H and O–H groups in total. The maximum absolute atomic E-state index is 12.3. The first kappa shape index (κ1) is 22.3. The first-order valence-electron chi connectivity index (χ1n) is 10.1. The van der Waals surface area contributed by atoms with Crippen molar-refractivity contribution in [3.05, 3.63) is 59.7 Å². The highest BCUT2D eigenvalue weighted by atomic mass is 16.5. The SMILES string of the molecule is CCCCOc1cccc(C(=O)NNC(=O)c2ccc(OCCC(C)C)cc2)c1. The summed E-state index contributed by atoms with van der Waals surface area (Å²) in [5.41, 5.74) is 5.69. The van der Waals surface area contributed by atoms with E-state index >= 15 is 0 Å². The monoisotopic (exact) mass is 398 g/mol. The Hall–Kier alpha value is -3.02. The first-order chi connectivity index (χ1) is 14.0. The topological polar surface area (TPSA) is 76.7 Å². The molecule has 2 aromatic rings. The van der Waals surface area contributed by atoms with Crippen LogP contribution in [0.1, 0.15) is 60.7 Å². The van der Waals surface area contributed by atoms with Crippen molar-refractivity contribution in [1.29, 1.82) is 0 Å². The van der Waals surface area contributed by atoms with E-state index < -0.39 is 11.8 Å².